The van der Waals surface area contributed by atoms with Crippen LogP contribution in [-0.2, 0) is 4.79 Å². The van der Waals surface area contributed by atoms with E-state index < -0.39 is 0 Å². The third-order valence-corrected chi connectivity index (χ3v) is 4.87. The smallest absolute Gasteiger partial charge is 0.224 e. The van der Waals surface area contributed by atoms with Crippen LogP contribution in [0.25, 0.3) is 0 Å². The summed E-state index contributed by atoms with van der Waals surface area (Å²) in [5, 5.41) is 3.97. The van der Waals surface area contributed by atoms with E-state index in [0.717, 1.165) is 21.9 Å². The van der Waals surface area contributed by atoms with Gasteiger partial charge in [0.1, 0.15) is 17.2 Å². The van der Waals surface area contributed by atoms with E-state index in [1.54, 1.807) is 12.1 Å². The monoisotopic (exact) mass is 411 g/mol. The number of benzene rings is 2. The first-order valence-electron chi connectivity index (χ1n) is 8.46. The molecule has 0 spiro atoms. The third kappa shape index (κ3) is 5.68. The molecule has 2 rings (SSSR count). The molecule has 0 saturated heterocycles. The maximum Gasteiger partial charge on any atom is 0.224 e. The summed E-state index contributed by atoms with van der Waals surface area (Å²) in [5.41, 5.74) is 2.44. The van der Waals surface area contributed by atoms with Crippen LogP contribution >= 0.6 is 23.2 Å². The van der Waals surface area contributed by atoms with Crippen molar-refractivity contribution in [2.45, 2.75) is 26.7 Å². The summed E-state index contributed by atoms with van der Waals surface area (Å²) in [6, 6.07) is 7.01. The zero-order chi connectivity index (χ0) is 20.0. The molecule has 0 saturated carbocycles. The number of aryl methyl sites for hydroxylation is 2. The van der Waals surface area contributed by atoms with E-state index in [1.807, 2.05) is 26.0 Å². The van der Waals surface area contributed by atoms with Crippen LogP contribution in [0.5, 0.6) is 17.2 Å². The second kappa shape index (κ2) is 9.72. The summed E-state index contributed by atoms with van der Waals surface area (Å²) >= 11 is 12.2. The molecule has 2 aromatic rings. The van der Waals surface area contributed by atoms with Gasteiger partial charge < -0.3 is 19.5 Å². The quantitative estimate of drug-likeness (QED) is 0.588. The highest BCUT2D eigenvalue weighted by molar-refractivity contribution is 6.32. The average Bonchev–Trinajstić information content (AvgIpc) is 2.64. The number of amides is 1. The summed E-state index contributed by atoms with van der Waals surface area (Å²) in [6.45, 7) is 4.29. The fourth-order valence-corrected chi connectivity index (χ4v) is 2.92. The van der Waals surface area contributed by atoms with Crippen LogP contribution in [-0.4, -0.2) is 26.7 Å². The number of carbonyl (C=O) groups excluding carboxylic acids is 1. The Morgan fingerprint density at radius 2 is 1.63 bits per heavy atom. The van der Waals surface area contributed by atoms with E-state index in [2.05, 4.69) is 5.32 Å². The molecule has 0 heterocycles. The minimum absolute atomic E-state index is 0.148. The maximum atomic E-state index is 12.2. The first-order chi connectivity index (χ1) is 12.8. The van der Waals surface area contributed by atoms with E-state index in [0.29, 0.717) is 41.7 Å². The topological polar surface area (TPSA) is 56.8 Å². The van der Waals surface area contributed by atoms with Gasteiger partial charge in [-0.25, -0.2) is 0 Å². The number of hydrogen-bond acceptors (Lipinski definition) is 4. The molecular formula is C20H23Cl2NO4. The summed E-state index contributed by atoms with van der Waals surface area (Å²) in [6.07, 6.45) is 0.874. The van der Waals surface area contributed by atoms with E-state index in [4.69, 9.17) is 37.4 Å². The predicted octanol–water partition coefficient (Wildman–Crippen LogP) is 5.43. The second-order valence-electron chi connectivity index (χ2n) is 6.06. The van der Waals surface area contributed by atoms with Crippen molar-refractivity contribution in [3.63, 3.8) is 0 Å². The van der Waals surface area contributed by atoms with E-state index in [1.165, 1.54) is 14.2 Å². The number of ether oxygens (including phenoxy) is 3. The van der Waals surface area contributed by atoms with E-state index in [9.17, 15) is 4.79 Å². The molecule has 0 aromatic heterocycles. The molecule has 5 nitrogen and oxygen atoms in total. The summed E-state index contributed by atoms with van der Waals surface area (Å²) in [4.78, 5) is 12.2. The fourth-order valence-electron chi connectivity index (χ4n) is 2.58. The minimum Gasteiger partial charge on any atom is -0.495 e. The highest BCUT2D eigenvalue weighted by atomic mass is 35.5. The van der Waals surface area contributed by atoms with Crippen molar-refractivity contribution < 1.29 is 19.0 Å². The molecule has 0 aliphatic rings. The maximum absolute atomic E-state index is 12.2. The van der Waals surface area contributed by atoms with Gasteiger partial charge in [-0.05, 0) is 43.5 Å². The van der Waals surface area contributed by atoms with E-state index in [-0.39, 0.29) is 5.91 Å². The molecule has 146 valence electrons. The molecule has 7 heteroatoms. The molecule has 2 aromatic carbocycles. The normalized spacial score (nSPS) is 10.4. The number of rotatable bonds is 8. The van der Waals surface area contributed by atoms with Crippen molar-refractivity contribution >= 4 is 34.8 Å². The Kier molecular flexibility index (Phi) is 7.63. The standard InChI is InChI=1S/C20H23Cl2NO4/c1-12-8-14(9-13(2)20(12)22)27-7-5-6-19(24)23-16-11-17(25-3)15(21)10-18(16)26-4/h8-11H,5-7H2,1-4H3,(H,23,24). The van der Waals surface area contributed by atoms with Crippen LogP contribution in [0.15, 0.2) is 24.3 Å². The van der Waals surface area contributed by atoms with Crippen LogP contribution in [0.1, 0.15) is 24.0 Å². The minimum atomic E-state index is -0.148. The molecule has 0 aliphatic heterocycles. The lowest BCUT2D eigenvalue weighted by atomic mass is 10.1. The van der Waals surface area contributed by atoms with Crippen molar-refractivity contribution in [2.24, 2.45) is 0 Å². The lowest BCUT2D eigenvalue weighted by molar-refractivity contribution is -0.116. The molecule has 0 aliphatic carbocycles. The van der Waals surface area contributed by atoms with Crippen molar-refractivity contribution in [1.82, 2.24) is 0 Å². The molecular weight excluding hydrogens is 389 g/mol. The Morgan fingerprint density at radius 1 is 1.00 bits per heavy atom. The first kappa shape index (κ1) is 21.2. The molecule has 0 bridgehead atoms. The molecule has 0 atom stereocenters. The zero-order valence-electron chi connectivity index (χ0n) is 15.8. The first-order valence-corrected chi connectivity index (χ1v) is 9.22. The molecule has 1 N–H and O–H groups in total. The van der Waals surface area contributed by atoms with Crippen molar-refractivity contribution in [1.29, 1.82) is 0 Å². The lowest BCUT2D eigenvalue weighted by Crippen LogP contribution is -2.13. The lowest BCUT2D eigenvalue weighted by Gasteiger charge is -2.13. The van der Waals surface area contributed by atoms with Gasteiger partial charge in [-0.2, -0.15) is 0 Å². The third-order valence-electron chi connectivity index (χ3n) is 3.97. The molecule has 0 fully saturated rings. The second-order valence-corrected chi connectivity index (χ2v) is 6.84. The van der Waals surface area contributed by atoms with Crippen molar-refractivity contribution in [3.05, 3.63) is 45.4 Å². The highest BCUT2D eigenvalue weighted by Gasteiger charge is 2.12. The van der Waals surface area contributed by atoms with Crippen LogP contribution < -0.4 is 19.5 Å². The molecule has 27 heavy (non-hydrogen) atoms. The Bertz CT molecular complexity index is 801. The predicted molar refractivity (Wildman–Crippen MR) is 109 cm³/mol. The molecule has 1 amide bonds. The van der Waals surface area contributed by atoms with Gasteiger partial charge in [0.25, 0.3) is 0 Å². The Hall–Kier alpha value is -2.11. The van der Waals surface area contributed by atoms with Crippen LogP contribution in [0.4, 0.5) is 5.69 Å². The summed E-state index contributed by atoms with van der Waals surface area (Å²) in [5.74, 6) is 1.53. The largest absolute Gasteiger partial charge is 0.495 e. The number of hydrogen-bond donors (Lipinski definition) is 1. The summed E-state index contributed by atoms with van der Waals surface area (Å²) in [7, 11) is 3.02. The average molecular weight is 412 g/mol. The zero-order valence-corrected chi connectivity index (χ0v) is 17.3. The Balaban J connectivity index is 1.88. The van der Waals surface area contributed by atoms with Gasteiger partial charge in [0.15, 0.2) is 0 Å². The Morgan fingerprint density at radius 3 is 2.22 bits per heavy atom. The SMILES string of the molecule is COc1cc(NC(=O)CCCOc2cc(C)c(Cl)c(C)c2)c(OC)cc1Cl. The number of halogens is 2. The van der Waals surface area contributed by atoms with Gasteiger partial charge in [0.05, 0.1) is 31.5 Å². The summed E-state index contributed by atoms with van der Waals surface area (Å²) < 4.78 is 16.1. The van der Waals surface area contributed by atoms with Gasteiger partial charge in [-0.1, -0.05) is 23.2 Å². The number of methoxy groups -OCH3 is 2. The number of carbonyl (C=O) groups is 1. The fraction of sp³-hybridized carbons (Fsp3) is 0.350. The molecule has 0 unspecified atom stereocenters. The highest BCUT2D eigenvalue weighted by Crippen LogP contribution is 2.36. The van der Waals surface area contributed by atoms with Gasteiger partial charge in [0.2, 0.25) is 5.91 Å². The van der Waals surface area contributed by atoms with Crippen LogP contribution in [0.3, 0.4) is 0 Å². The van der Waals surface area contributed by atoms with E-state index >= 15 is 0 Å². The van der Waals surface area contributed by atoms with Crippen molar-refractivity contribution in [3.8, 4) is 17.2 Å². The van der Waals surface area contributed by atoms with Gasteiger partial charge in [0, 0.05) is 23.6 Å². The van der Waals surface area contributed by atoms with Crippen LogP contribution in [0, 0.1) is 13.8 Å². The Labute approximate surface area is 169 Å². The van der Waals surface area contributed by atoms with Gasteiger partial charge in [-0.15, -0.1) is 0 Å². The van der Waals surface area contributed by atoms with Gasteiger partial charge in [-0.3, -0.25) is 4.79 Å². The van der Waals surface area contributed by atoms with Gasteiger partial charge >= 0.3 is 0 Å². The molecule has 0 radical (unpaired) electrons. The number of nitrogens with one attached hydrogen (secondary N) is 1. The van der Waals surface area contributed by atoms with Crippen LogP contribution in [0.2, 0.25) is 10.0 Å². The number of anilines is 1. The van der Waals surface area contributed by atoms with Crippen molar-refractivity contribution in [2.75, 3.05) is 26.1 Å².